The second-order valence-electron chi connectivity index (χ2n) is 13.0. The van der Waals surface area contributed by atoms with Crippen molar-refractivity contribution in [2.75, 3.05) is 0 Å². The monoisotopic (exact) mass is 602 g/mol. The van der Waals surface area contributed by atoms with Gasteiger partial charge in [0, 0.05) is 14.7 Å². The first-order chi connectivity index (χ1) is 19.7. The van der Waals surface area contributed by atoms with E-state index in [1.165, 1.54) is 5.56 Å². The second-order valence-corrected chi connectivity index (χ2v) is 17.4. The van der Waals surface area contributed by atoms with E-state index in [1.807, 2.05) is 60.7 Å². The van der Waals surface area contributed by atoms with Crippen molar-refractivity contribution in [3.8, 4) is 0 Å². The standard InChI is InChI=1S/C37H46O3S2/c1-26(2)29-24-34(27(3)4)36(35(25-29)28(5)6)42(38,39)40-41(31-16-12-10-13-17-31,32-18-14-11-15-19-32)33-22-20-30(21-23-33)37(7,8)9/h10-28H,1-9H3. The molecule has 224 valence electrons. The molecule has 4 rings (SSSR count). The van der Waals surface area contributed by atoms with Crippen molar-refractivity contribution in [2.45, 2.75) is 105 Å². The molecular formula is C37H46O3S2. The highest BCUT2D eigenvalue weighted by atomic mass is 32.3. The van der Waals surface area contributed by atoms with Crippen LogP contribution in [0.4, 0.5) is 0 Å². The van der Waals surface area contributed by atoms with E-state index in [4.69, 9.17) is 3.63 Å². The molecule has 0 aromatic heterocycles. The Labute approximate surface area is 256 Å². The predicted octanol–water partition coefficient (Wildman–Crippen LogP) is 11.0. The fraction of sp³-hybridized carbons (Fsp3) is 0.351. The molecule has 0 unspecified atom stereocenters. The molecule has 3 nitrogen and oxygen atoms in total. The summed E-state index contributed by atoms with van der Waals surface area (Å²) in [5, 5.41) is 0. The van der Waals surface area contributed by atoms with Crippen LogP contribution in [0.1, 0.15) is 102 Å². The SMILES string of the molecule is CC(C)c1cc(C(C)C)c(S(=O)(=O)OS(c2ccccc2)(c2ccccc2)c2ccc(C(C)(C)C)cc2)c(C(C)C)c1. The molecule has 0 spiro atoms. The molecular weight excluding hydrogens is 557 g/mol. The van der Waals surface area contributed by atoms with Gasteiger partial charge in [-0.15, -0.1) is 0 Å². The van der Waals surface area contributed by atoms with Crippen molar-refractivity contribution in [1.82, 2.24) is 0 Å². The zero-order valence-corrected chi connectivity index (χ0v) is 28.1. The van der Waals surface area contributed by atoms with E-state index in [0.717, 1.165) is 31.4 Å². The molecule has 0 aliphatic rings. The topological polar surface area (TPSA) is 43.4 Å². The maximum absolute atomic E-state index is 14.9. The van der Waals surface area contributed by atoms with Crippen LogP contribution in [0.15, 0.2) is 117 Å². The quantitative estimate of drug-likeness (QED) is 0.191. The molecule has 0 saturated carbocycles. The van der Waals surface area contributed by atoms with Crippen molar-refractivity contribution >= 4 is 20.4 Å². The fourth-order valence-corrected chi connectivity index (χ4v) is 11.1. The van der Waals surface area contributed by atoms with E-state index in [2.05, 4.69) is 98.7 Å². The van der Waals surface area contributed by atoms with Gasteiger partial charge in [-0.2, -0.15) is 8.42 Å². The van der Waals surface area contributed by atoms with Gasteiger partial charge in [-0.1, -0.05) is 123 Å². The normalized spacial score (nSPS) is 13.2. The van der Waals surface area contributed by atoms with Gasteiger partial charge < -0.3 is 0 Å². The minimum atomic E-state index is -4.26. The average molecular weight is 603 g/mol. The second kappa shape index (κ2) is 12.4. The summed E-state index contributed by atoms with van der Waals surface area (Å²) in [4.78, 5) is 2.82. The molecule has 0 bridgehead atoms. The number of benzene rings is 4. The third kappa shape index (κ3) is 6.39. The van der Waals surface area contributed by atoms with Crippen LogP contribution < -0.4 is 0 Å². The number of rotatable bonds is 9. The molecule has 0 N–H and O–H groups in total. The van der Waals surface area contributed by atoms with Crippen LogP contribution in [0.3, 0.4) is 0 Å². The molecule has 0 heterocycles. The minimum Gasteiger partial charge on any atom is -0.203 e. The number of hydrogen-bond donors (Lipinski definition) is 0. The lowest BCUT2D eigenvalue weighted by molar-refractivity contribution is 0.503. The van der Waals surface area contributed by atoms with Crippen LogP contribution >= 0.6 is 10.3 Å². The Morgan fingerprint density at radius 2 is 0.976 bits per heavy atom. The van der Waals surface area contributed by atoms with Crippen molar-refractivity contribution in [3.05, 3.63) is 119 Å². The van der Waals surface area contributed by atoms with Crippen LogP contribution in [-0.2, 0) is 19.2 Å². The van der Waals surface area contributed by atoms with Gasteiger partial charge in [-0.3, -0.25) is 0 Å². The average Bonchev–Trinajstić information content (AvgIpc) is 2.95. The lowest BCUT2D eigenvalue weighted by Gasteiger charge is -2.40. The van der Waals surface area contributed by atoms with Gasteiger partial charge in [0.1, 0.15) is 4.90 Å². The summed E-state index contributed by atoms with van der Waals surface area (Å²) in [7, 11) is -6.96. The van der Waals surface area contributed by atoms with E-state index in [-0.39, 0.29) is 23.2 Å². The van der Waals surface area contributed by atoms with Crippen LogP contribution in [0.25, 0.3) is 0 Å². The van der Waals surface area contributed by atoms with Gasteiger partial charge in [0.2, 0.25) is 0 Å². The summed E-state index contributed by atoms with van der Waals surface area (Å²) in [6, 6.07) is 32.1. The van der Waals surface area contributed by atoms with E-state index in [9.17, 15) is 8.42 Å². The van der Waals surface area contributed by atoms with Gasteiger partial charge in [0.25, 0.3) is 0 Å². The first-order valence-corrected chi connectivity index (χ1v) is 17.8. The Hall–Kier alpha value is -2.86. The summed E-state index contributed by atoms with van der Waals surface area (Å²) >= 11 is 0. The Bertz CT molecular complexity index is 1530. The van der Waals surface area contributed by atoms with Gasteiger partial charge in [0.05, 0.1) is 0 Å². The summed E-state index contributed by atoms with van der Waals surface area (Å²) in [5.74, 6) is 0.273. The first kappa shape index (κ1) is 32.1. The summed E-state index contributed by atoms with van der Waals surface area (Å²) in [6.07, 6.45) is 0. The maximum atomic E-state index is 14.9. The van der Waals surface area contributed by atoms with E-state index in [0.29, 0.717) is 4.90 Å². The lowest BCUT2D eigenvalue weighted by Crippen LogP contribution is -2.19. The molecule has 0 fully saturated rings. The molecule has 4 aromatic rings. The molecule has 0 saturated heterocycles. The van der Waals surface area contributed by atoms with E-state index in [1.54, 1.807) is 0 Å². The smallest absolute Gasteiger partial charge is 0.203 e. The Morgan fingerprint density at radius 3 is 1.33 bits per heavy atom. The van der Waals surface area contributed by atoms with Crippen LogP contribution in [0.2, 0.25) is 0 Å². The molecule has 0 radical (unpaired) electrons. The number of hydrogen-bond acceptors (Lipinski definition) is 3. The minimum absolute atomic E-state index is 0.00139. The zero-order chi connectivity index (χ0) is 30.9. The largest absolute Gasteiger partial charge is 0.307 e. The van der Waals surface area contributed by atoms with Crippen molar-refractivity contribution in [3.63, 3.8) is 0 Å². The molecule has 42 heavy (non-hydrogen) atoms. The lowest BCUT2D eigenvalue weighted by atomic mass is 9.87. The van der Waals surface area contributed by atoms with Crippen LogP contribution in [0, 0.1) is 0 Å². The summed E-state index contributed by atoms with van der Waals surface area (Å²) < 4.78 is 36.7. The van der Waals surface area contributed by atoms with Crippen LogP contribution in [-0.4, -0.2) is 8.42 Å². The van der Waals surface area contributed by atoms with Crippen LogP contribution in [0.5, 0.6) is 0 Å². The molecule has 0 aliphatic heterocycles. The summed E-state index contributed by atoms with van der Waals surface area (Å²) in [6.45, 7) is 19.1. The predicted molar refractivity (Wildman–Crippen MR) is 177 cm³/mol. The maximum Gasteiger partial charge on any atom is 0.307 e. The third-order valence-corrected chi connectivity index (χ3v) is 13.0. The molecule has 5 heteroatoms. The highest BCUT2D eigenvalue weighted by Gasteiger charge is 2.40. The van der Waals surface area contributed by atoms with Crippen molar-refractivity contribution in [2.24, 2.45) is 0 Å². The summed E-state index contributed by atoms with van der Waals surface area (Å²) in [5.41, 5.74) is 3.89. The van der Waals surface area contributed by atoms with Crippen molar-refractivity contribution in [1.29, 1.82) is 0 Å². The Morgan fingerprint density at radius 1 is 0.571 bits per heavy atom. The molecule has 0 amide bonds. The van der Waals surface area contributed by atoms with E-state index < -0.39 is 20.4 Å². The van der Waals surface area contributed by atoms with Gasteiger partial charge in [0.15, 0.2) is 0 Å². The first-order valence-electron chi connectivity index (χ1n) is 14.9. The van der Waals surface area contributed by atoms with E-state index >= 15 is 0 Å². The third-order valence-electron chi connectivity index (χ3n) is 7.72. The Kier molecular flexibility index (Phi) is 9.46. The zero-order valence-electron chi connectivity index (χ0n) is 26.5. The molecule has 4 aromatic carbocycles. The fourth-order valence-electron chi connectivity index (χ4n) is 5.24. The Balaban J connectivity index is 2.08. The van der Waals surface area contributed by atoms with Gasteiger partial charge >= 0.3 is 10.1 Å². The van der Waals surface area contributed by atoms with Gasteiger partial charge in [-0.25, -0.2) is 3.63 Å². The molecule has 0 atom stereocenters. The highest BCUT2D eigenvalue weighted by molar-refractivity contribution is 8.33. The van der Waals surface area contributed by atoms with Crippen molar-refractivity contribution < 1.29 is 12.0 Å². The highest BCUT2D eigenvalue weighted by Crippen LogP contribution is 2.70. The molecule has 0 aliphatic carbocycles. The van der Waals surface area contributed by atoms with Gasteiger partial charge in [-0.05, 0) is 92.1 Å².